The van der Waals surface area contributed by atoms with E-state index in [1.165, 1.54) is 6.20 Å². The van der Waals surface area contributed by atoms with Crippen LogP contribution in [0.1, 0.15) is 6.42 Å². The minimum Gasteiger partial charge on any atom is -0.382 e. The quantitative estimate of drug-likeness (QED) is 0.518. The molecule has 5 heteroatoms. The molecule has 3 N–H and O–H groups in total. The van der Waals surface area contributed by atoms with Gasteiger partial charge in [0.1, 0.15) is 11.6 Å². The number of hydrogen-bond donors (Lipinski definition) is 2. The summed E-state index contributed by atoms with van der Waals surface area (Å²) in [4.78, 5) is 7.95. The molecular weight excluding hydrogens is 192 g/mol. The highest BCUT2D eigenvalue weighted by molar-refractivity contribution is 5.38. The Morgan fingerprint density at radius 1 is 1.47 bits per heavy atom. The SMILES string of the molecule is C=CCCOCCNc1cncc(N)n1. The van der Waals surface area contributed by atoms with Gasteiger partial charge in [0.25, 0.3) is 0 Å². The molecule has 1 aromatic heterocycles. The molecule has 0 amide bonds. The van der Waals surface area contributed by atoms with Crippen molar-refractivity contribution in [2.24, 2.45) is 0 Å². The average Bonchev–Trinajstić information content (AvgIpc) is 2.23. The van der Waals surface area contributed by atoms with Crippen LogP contribution in [0.4, 0.5) is 11.6 Å². The number of hydrogen-bond acceptors (Lipinski definition) is 5. The van der Waals surface area contributed by atoms with Gasteiger partial charge in [0.15, 0.2) is 0 Å². The lowest BCUT2D eigenvalue weighted by Gasteiger charge is -2.05. The van der Waals surface area contributed by atoms with E-state index < -0.39 is 0 Å². The summed E-state index contributed by atoms with van der Waals surface area (Å²) >= 11 is 0. The van der Waals surface area contributed by atoms with Crippen LogP contribution in [0.25, 0.3) is 0 Å². The van der Waals surface area contributed by atoms with Crippen LogP contribution in [0.5, 0.6) is 0 Å². The van der Waals surface area contributed by atoms with Crippen molar-refractivity contribution in [3.8, 4) is 0 Å². The van der Waals surface area contributed by atoms with Crippen LogP contribution in [0.3, 0.4) is 0 Å². The molecule has 0 unspecified atom stereocenters. The monoisotopic (exact) mass is 208 g/mol. The van der Waals surface area contributed by atoms with Crippen LogP contribution < -0.4 is 11.1 Å². The smallest absolute Gasteiger partial charge is 0.147 e. The van der Waals surface area contributed by atoms with Gasteiger partial charge in [0.2, 0.25) is 0 Å². The van der Waals surface area contributed by atoms with Crippen LogP contribution >= 0.6 is 0 Å². The lowest BCUT2D eigenvalue weighted by Crippen LogP contribution is -2.11. The maximum absolute atomic E-state index is 5.47. The Morgan fingerprint density at radius 3 is 3.07 bits per heavy atom. The Morgan fingerprint density at radius 2 is 2.33 bits per heavy atom. The van der Waals surface area contributed by atoms with E-state index in [9.17, 15) is 0 Å². The number of aromatic nitrogens is 2. The molecule has 0 aliphatic rings. The van der Waals surface area contributed by atoms with Crippen molar-refractivity contribution in [1.29, 1.82) is 0 Å². The molecule has 0 aromatic carbocycles. The third-order valence-electron chi connectivity index (χ3n) is 1.67. The molecule has 0 atom stereocenters. The van der Waals surface area contributed by atoms with Gasteiger partial charge in [-0.2, -0.15) is 0 Å². The zero-order valence-electron chi connectivity index (χ0n) is 8.65. The van der Waals surface area contributed by atoms with E-state index in [1.54, 1.807) is 6.20 Å². The van der Waals surface area contributed by atoms with Gasteiger partial charge in [-0.05, 0) is 6.42 Å². The molecule has 0 bridgehead atoms. The summed E-state index contributed by atoms with van der Waals surface area (Å²) in [6, 6.07) is 0. The summed E-state index contributed by atoms with van der Waals surface area (Å²) < 4.78 is 5.31. The third-order valence-corrected chi connectivity index (χ3v) is 1.67. The molecule has 82 valence electrons. The number of nitrogens with zero attached hydrogens (tertiary/aromatic N) is 2. The Bertz CT molecular complexity index is 303. The maximum Gasteiger partial charge on any atom is 0.147 e. The molecule has 0 spiro atoms. The summed E-state index contributed by atoms with van der Waals surface area (Å²) in [7, 11) is 0. The second-order valence-corrected chi connectivity index (χ2v) is 2.95. The molecule has 1 rings (SSSR count). The Balaban J connectivity index is 2.12. The first kappa shape index (κ1) is 11.5. The lowest BCUT2D eigenvalue weighted by molar-refractivity contribution is 0.149. The second kappa shape index (κ2) is 6.78. The molecule has 5 nitrogen and oxygen atoms in total. The number of rotatable bonds is 7. The van der Waals surface area contributed by atoms with Crippen LogP contribution in [0, 0.1) is 0 Å². The molecule has 15 heavy (non-hydrogen) atoms. The zero-order chi connectivity index (χ0) is 10.9. The average molecular weight is 208 g/mol. The van der Waals surface area contributed by atoms with Crippen molar-refractivity contribution < 1.29 is 4.74 Å². The molecular formula is C10H16N4O. The number of nitrogens with two attached hydrogens (primary N) is 1. The first-order valence-corrected chi connectivity index (χ1v) is 4.83. The van der Waals surface area contributed by atoms with Crippen molar-refractivity contribution in [3.05, 3.63) is 25.0 Å². The standard InChI is InChI=1S/C10H16N4O/c1-2-3-5-15-6-4-13-10-8-12-7-9(11)14-10/h2,7-8H,1,3-6H2,(H3,11,13,14). The summed E-state index contributed by atoms with van der Waals surface area (Å²) in [6.45, 7) is 5.63. The fraction of sp³-hybridized carbons (Fsp3) is 0.400. The van der Waals surface area contributed by atoms with Crippen molar-refractivity contribution in [3.63, 3.8) is 0 Å². The van der Waals surface area contributed by atoms with Gasteiger partial charge >= 0.3 is 0 Å². The second-order valence-electron chi connectivity index (χ2n) is 2.95. The summed E-state index contributed by atoms with van der Waals surface area (Å²) in [5.74, 6) is 1.08. The number of nitrogens with one attached hydrogen (secondary N) is 1. The van der Waals surface area contributed by atoms with Crippen molar-refractivity contribution in [2.45, 2.75) is 6.42 Å². The van der Waals surface area contributed by atoms with Crippen molar-refractivity contribution in [1.82, 2.24) is 9.97 Å². The zero-order valence-corrected chi connectivity index (χ0v) is 8.65. The Hall–Kier alpha value is -1.62. The highest BCUT2D eigenvalue weighted by Crippen LogP contribution is 2.01. The van der Waals surface area contributed by atoms with Gasteiger partial charge in [-0.15, -0.1) is 6.58 Å². The highest BCUT2D eigenvalue weighted by Gasteiger charge is 1.94. The topological polar surface area (TPSA) is 73.1 Å². The largest absolute Gasteiger partial charge is 0.382 e. The van der Waals surface area contributed by atoms with Crippen LogP contribution in [0.2, 0.25) is 0 Å². The first-order chi connectivity index (χ1) is 7.33. The fourth-order valence-electron chi connectivity index (χ4n) is 0.986. The van der Waals surface area contributed by atoms with E-state index in [0.29, 0.717) is 31.4 Å². The number of ether oxygens (including phenoxy) is 1. The number of anilines is 2. The van der Waals surface area contributed by atoms with E-state index in [-0.39, 0.29) is 0 Å². The predicted molar refractivity (Wildman–Crippen MR) is 60.6 cm³/mol. The van der Waals surface area contributed by atoms with E-state index >= 15 is 0 Å². The van der Waals surface area contributed by atoms with E-state index in [1.807, 2.05) is 6.08 Å². The van der Waals surface area contributed by atoms with Gasteiger partial charge in [-0.3, -0.25) is 4.98 Å². The first-order valence-electron chi connectivity index (χ1n) is 4.83. The van der Waals surface area contributed by atoms with Crippen LogP contribution in [0.15, 0.2) is 25.0 Å². The van der Waals surface area contributed by atoms with Gasteiger partial charge in [-0.25, -0.2) is 4.98 Å². The molecule has 0 radical (unpaired) electrons. The van der Waals surface area contributed by atoms with Crippen LogP contribution in [-0.4, -0.2) is 29.7 Å². The van der Waals surface area contributed by atoms with Gasteiger partial charge in [0.05, 0.1) is 25.6 Å². The minimum atomic E-state index is 0.410. The molecule has 1 heterocycles. The predicted octanol–water partition coefficient (Wildman–Crippen LogP) is 1.06. The van der Waals surface area contributed by atoms with Crippen LogP contribution in [-0.2, 0) is 4.74 Å². The highest BCUT2D eigenvalue weighted by atomic mass is 16.5. The van der Waals surface area contributed by atoms with E-state index in [2.05, 4.69) is 21.9 Å². The Kier molecular flexibility index (Phi) is 5.18. The van der Waals surface area contributed by atoms with Gasteiger partial charge in [-0.1, -0.05) is 6.08 Å². The molecule has 0 aliphatic carbocycles. The molecule has 1 aromatic rings. The fourth-order valence-corrected chi connectivity index (χ4v) is 0.986. The van der Waals surface area contributed by atoms with Gasteiger partial charge in [0, 0.05) is 6.54 Å². The van der Waals surface area contributed by atoms with Crippen molar-refractivity contribution in [2.75, 3.05) is 30.8 Å². The lowest BCUT2D eigenvalue weighted by atomic mass is 10.4. The minimum absolute atomic E-state index is 0.410. The molecule has 0 aliphatic heterocycles. The Labute approximate surface area is 89.4 Å². The summed E-state index contributed by atoms with van der Waals surface area (Å²) in [5.41, 5.74) is 5.47. The molecule has 0 saturated heterocycles. The van der Waals surface area contributed by atoms with E-state index in [4.69, 9.17) is 10.5 Å². The van der Waals surface area contributed by atoms with E-state index in [0.717, 1.165) is 6.42 Å². The third kappa shape index (κ3) is 4.97. The molecule has 0 saturated carbocycles. The maximum atomic E-state index is 5.47. The molecule has 0 fully saturated rings. The number of nitrogen functional groups attached to an aromatic ring is 1. The summed E-state index contributed by atoms with van der Waals surface area (Å²) in [5, 5.41) is 3.06. The normalized spacial score (nSPS) is 9.87. The summed E-state index contributed by atoms with van der Waals surface area (Å²) in [6.07, 6.45) is 5.83. The van der Waals surface area contributed by atoms with Gasteiger partial charge < -0.3 is 15.8 Å². The van der Waals surface area contributed by atoms with Crippen molar-refractivity contribution >= 4 is 11.6 Å².